The molecule has 0 aliphatic heterocycles. The fourth-order valence-electron chi connectivity index (χ4n) is 2.69. The van der Waals surface area contributed by atoms with Crippen LogP contribution in [-0.4, -0.2) is 17.1 Å². The number of aromatic carboxylic acids is 1. The van der Waals surface area contributed by atoms with Gasteiger partial charge in [-0.25, -0.2) is 4.79 Å². The fraction of sp³-hybridized carbons (Fsp3) is 0.533. The summed E-state index contributed by atoms with van der Waals surface area (Å²) < 4.78 is 0. The monoisotopic (exact) mass is 247 g/mol. The second kappa shape index (κ2) is 4.09. The van der Waals surface area contributed by atoms with E-state index >= 15 is 0 Å². The molecule has 0 saturated heterocycles. The highest BCUT2D eigenvalue weighted by atomic mass is 16.4. The molecule has 1 saturated carbocycles. The first-order valence-corrected chi connectivity index (χ1v) is 6.32. The number of carbonyl (C=O) groups is 1. The van der Waals surface area contributed by atoms with Gasteiger partial charge >= 0.3 is 5.97 Å². The number of nitrogens with one attached hydrogen (secondary N) is 1. The molecule has 2 N–H and O–H groups in total. The van der Waals surface area contributed by atoms with Gasteiger partial charge in [0, 0.05) is 12.6 Å². The van der Waals surface area contributed by atoms with Crippen LogP contribution in [0.15, 0.2) is 24.3 Å². The molecule has 0 atom stereocenters. The molecule has 18 heavy (non-hydrogen) atoms. The molecule has 0 radical (unpaired) electrons. The van der Waals surface area contributed by atoms with Crippen molar-refractivity contribution in [2.75, 3.05) is 0 Å². The number of benzene rings is 1. The fourth-order valence-corrected chi connectivity index (χ4v) is 2.69. The summed E-state index contributed by atoms with van der Waals surface area (Å²) in [5, 5.41) is 12.4. The summed E-state index contributed by atoms with van der Waals surface area (Å²) in [6.45, 7) is 9.89. The van der Waals surface area contributed by atoms with Crippen LogP contribution in [0.5, 0.6) is 0 Å². The maximum absolute atomic E-state index is 10.7. The van der Waals surface area contributed by atoms with Crippen LogP contribution in [-0.2, 0) is 6.54 Å². The topological polar surface area (TPSA) is 49.3 Å². The van der Waals surface area contributed by atoms with Crippen molar-refractivity contribution in [2.45, 2.75) is 40.3 Å². The Labute approximate surface area is 108 Å². The van der Waals surface area contributed by atoms with Crippen LogP contribution in [0.3, 0.4) is 0 Å². The number of hydrogen-bond acceptors (Lipinski definition) is 2. The second-order valence-electron chi connectivity index (χ2n) is 6.26. The first kappa shape index (κ1) is 13.1. The van der Waals surface area contributed by atoms with Crippen LogP contribution >= 0.6 is 0 Å². The zero-order chi connectivity index (χ0) is 13.6. The minimum Gasteiger partial charge on any atom is -0.478 e. The largest absolute Gasteiger partial charge is 0.478 e. The average Bonchev–Trinajstić information content (AvgIpc) is 2.67. The maximum Gasteiger partial charge on any atom is 0.335 e. The lowest BCUT2D eigenvalue weighted by Gasteiger charge is -2.07. The molecule has 3 heteroatoms. The number of rotatable bonds is 4. The third kappa shape index (κ3) is 2.03. The standard InChI is InChI=1S/C15H21NO2/c1-14(2)13(15(14,3)4)16-9-10-5-7-11(8-6-10)12(17)18/h5-8,13,16H,9H2,1-4H3,(H,17,18). The molecular formula is C15H21NO2. The van der Waals surface area contributed by atoms with Gasteiger partial charge in [-0.15, -0.1) is 0 Å². The van der Waals surface area contributed by atoms with E-state index in [1.165, 1.54) is 0 Å². The summed E-state index contributed by atoms with van der Waals surface area (Å²) >= 11 is 0. The van der Waals surface area contributed by atoms with Crippen molar-refractivity contribution in [3.05, 3.63) is 35.4 Å². The van der Waals surface area contributed by atoms with Crippen LogP contribution in [0.25, 0.3) is 0 Å². The second-order valence-corrected chi connectivity index (χ2v) is 6.26. The van der Waals surface area contributed by atoms with Gasteiger partial charge in [0.1, 0.15) is 0 Å². The molecule has 0 bridgehead atoms. The lowest BCUT2D eigenvalue weighted by molar-refractivity contribution is 0.0697. The van der Waals surface area contributed by atoms with Crippen molar-refractivity contribution in [1.82, 2.24) is 5.32 Å². The van der Waals surface area contributed by atoms with E-state index in [2.05, 4.69) is 33.0 Å². The summed E-state index contributed by atoms with van der Waals surface area (Å²) in [5.41, 5.74) is 2.12. The minimum absolute atomic E-state index is 0.327. The predicted molar refractivity (Wildman–Crippen MR) is 71.6 cm³/mol. The van der Waals surface area contributed by atoms with Gasteiger partial charge < -0.3 is 10.4 Å². The van der Waals surface area contributed by atoms with Crippen LogP contribution in [0.1, 0.15) is 43.6 Å². The summed E-state index contributed by atoms with van der Waals surface area (Å²) in [6.07, 6.45) is 0. The third-order valence-corrected chi connectivity index (χ3v) is 4.73. The van der Waals surface area contributed by atoms with E-state index in [4.69, 9.17) is 5.11 Å². The van der Waals surface area contributed by atoms with E-state index in [1.54, 1.807) is 12.1 Å². The first-order valence-electron chi connectivity index (χ1n) is 6.32. The molecule has 1 aromatic carbocycles. The SMILES string of the molecule is CC1(C)C(NCc2ccc(C(=O)O)cc2)C1(C)C. The molecule has 1 fully saturated rings. The Morgan fingerprint density at radius 3 is 2.06 bits per heavy atom. The Morgan fingerprint density at radius 1 is 1.17 bits per heavy atom. The molecule has 2 rings (SSSR count). The van der Waals surface area contributed by atoms with Gasteiger partial charge in [0.15, 0.2) is 0 Å². The van der Waals surface area contributed by atoms with Crippen molar-refractivity contribution in [2.24, 2.45) is 10.8 Å². The average molecular weight is 247 g/mol. The van der Waals surface area contributed by atoms with E-state index in [0.717, 1.165) is 12.1 Å². The predicted octanol–water partition coefficient (Wildman–Crippen LogP) is 2.91. The summed E-state index contributed by atoms with van der Waals surface area (Å²) in [4.78, 5) is 10.7. The quantitative estimate of drug-likeness (QED) is 0.860. The third-order valence-electron chi connectivity index (χ3n) is 4.73. The van der Waals surface area contributed by atoms with Crippen molar-refractivity contribution in [1.29, 1.82) is 0 Å². The lowest BCUT2D eigenvalue weighted by Crippen LogP contribution is -2.21. The highest BCUT2D eigenvalue weighted by Gasteiger charge is 2.64. The van der Waals surface area contributed by atoms with E-state index in [9.17, 15) is 4.79 Å². The van der Waals surface area contributed by atoms with Gasteiger partial charge in [-0.05, 0) is 28.5 Å². The molecule has 1 aliphatic carbocycles. The Kier molecular flexibility index (Phi) is 2.98. The molecule has 98 valence electrons. The van der Waals surface area contributed by atoms with Crippen molar-refractivity contribution < 1.29 is 9.90 Å². The van der Waals surface area contributed by atoms with Gasteiger partial charge in [-0.3, -0.25) is 0 Å². The Hall–Kier alpha value is -1.35. The van der Waals surface area contributed by atoms with Crippen LogP contribution in [0.2, 0.25) is 0 Å². The molecule has 1 aromatic rings. The van der Waals surface area contributed by atoms with E-state index < -0.39 is 5.97 Å². The Bertz CT molecular complexity index is 446. The number of hydrogen-bond donors (Lipinski definition) is 2. The van der Waals surface area contributed by atoms with Crippen molar-refractivity contribution in [3.8, 4) is 0 Å². The molecule has 0 amide bonds. The molecule has 0 spiro atoms. The zero-order valence-corrected chi connectivity index (χ0v) is 11.4. The Balaban J connectivity index is 1.94. The number of carboxylic acid groups (broad SMARTS) is 1. The molecule has 3 nitrogen and oxygen atoms in total. The van der Waals surface area contributed by atoms with Crippen LogP contribution < -0.4 is 5.32 Å². The van der Waals surface area contributed by atoms with E-state index in [0.29, 0.717) is 22.4 Å². The summed E-state index contributed by atoms with van der Waals surface area (Å²) in [7, 11) is 0. The molecular weight excluding hydrogens is 226 g/mol. The van der Waals surface area contributed by atoms with Gasteiger partial charge in [-0.2, -0.15) is 0 Å². The minimum atomic E-state index is -0.876. The first-order chi connectivity index (χ1) is 8.26. The van der Waals surface area contributed by atoms with Gasteiger partial charge in [0.05, 0.1) is 5.56 Å². The molecule has 0 heterocycles. The van der Waals surface area contributed by atoms with Gasteiger partial charge in [0.2, 0.25) is 0 Å². The smallest absolute Gasteiger partial charge is 0.335 e. The highest BCUT2D eigenvalue weighted by molar-refractivity contribution is 5.87. The van der Waals surface area contributed by atoms with Gasteiger partial charge in [0.25, 0.3) is 0 Å². The molecule has 1 aliphatic rings. The summed E-state index contributed by atoms with van der Waals surface area (Å²) in [6, 6.07) is 7.58. The lowest BCUT2D eigenvalue weighted by atomic mass is 10.0. The summed E-state index contributed by atoms with van der Waals surface area (Å²) in [5.74, 6) is -0.876. The number of carboxylic acids is 1. The van der Waals surface area contributed by atoms with Crippen molar-refractivity contribution in [3.63, 3.8) is 0 Å². The van der Waals surface area contributed by atoms with Gasteiger partial charge in [-0.1, -0.05) is 39.8 Å². The molecule has 0 unspecified atom stereocenters. The highest BCUT2D eigenvalue weighted by Crippen LogP contribution is 2.62. The maximum atomic E-state index is 10.7. The zero-order valence-electron chi connectivity index (χ0n) is 11.4. The van der Waals surface area contributed by atoms with Crippen molar-refractivity contribution >= 4 is 5.97 Å². The van der Waals surface area contributed by atoms with E-state index in [-0.39, 0.29) is 0 Å². The van der Waals surface area contributed by atoms with E-state index in [1.807, 2.05) is 12.1 Å². The Morgan fingerprint density at radius 2 is 1.67 bits per heavy atom. The molecule has 0 aromatic heterocycles. The van der Waals surface area contributed by atoms with Crippen LogP contribution in [0.4, 0.5) is 0 Å². The van der Waals surface area contributed by atoms with Crippen LogP contribution in [0, 0.1) is 10.8 Å². The normalized spacial score (nSPS) is 20.7.